The Labute approximate surface area is 95.4 Å². The minimum absolute atomic E-state index is 0.165. The highest BCUT2D eigenvalue weighted by Gasteiger charge is 2.00. The molecule has 3 nitrogen and oxygen atoms in total. The van der Waals surface area contributed by atoms with E-state index in [4.69, 9.17) is 9.84 Å². The molecule has 0 aliphatic carbocycles. The summed E-state index contributed by atoms with van der Waals surface area (Å²) in [6, 6.07) is 7.37. The second-order valence-electron chi connectivity index (χ2n) is 3.58. The van der Waals surface area contributed by atoms with Crippen LogP contribution in [0.15, 0.2) is 30.3 Å². The molecule has 1 aromatic carbocycles. The molecule has 0 bridgehead atoms. The van der Waals surface area contributed by atoms with Crippen LogP contribution < -0.4 is 4.74 Å². The summed E-state index contributed by atoms with van der Waals surface area (Å²) in [6.07, 6.45) is 3.77. The zero-order valence-corrected chi connectivity index (χ0v) is 9.51. The predicted molar refractivity (Wildman–Crippen MR) is 63.5 cm³/mol. The van der Waals surface area contributed by atoms with Crippen LogP contribution in [0.3, 0.4) is 0 Å². The number of hydrogen-bond donors (Lipinski definition) is 1. The fraction of sp³-hybridized carbons (Fsp3) is 0.308. The molecule has 0 saturated heterocycles. The molecular formula is C13H16O3. The van der Waals surface area contributed by atoms with Gasteiger partial charge in [-0.15, -0.1) is 0 Å². The zero-order chi connectivity index (χ0) is 12.0. The molecule has 0 amide bonds. The van der Waals surface area contributed by atoms with E-state index in [0.717, 1.165) is 23.8 Å². The van der Waals surface area contributed by atoms with Gasteiger partial charge in [0.1, 0.15) is 5.75 Å². The summed E-state index contributed by atoms with van der Waals surface area (Å²) in [5.41, 5.74) is 0.822. The summed E-state index contributed by atoms with van der Waals surface area (Å²) in [5.74, 6) is -0.185. The second-order valence-corrected chi connectivity index (χ2v) is 3.58. The Bertz CT molecular complexity index is 383. The van der Waals surface area contributed by atoms with Crippen molar-refractivity contribution in [3.05, 3.63) is 35.9 Å². The van der Waals surface area contributed by atoms with E-state index in [-0.39, 0.29) is 6.10 Å². The Kier molecular flexibility index (Phi) is 4.58. The van der Waals surface area contributed by atoms with E-state index in [1.54, 1.807) is 6.08 Å². The molecule has 3 heteroatoms. The van der Waals surface area contributed by atoms with E-state index >= 15 is 0 Å². The van der Waals surface area contributed by atoms with Crippen LogP contribution in [0.25, 0.3) is 6.08 Å². The maximum atomic E-state index is 10.4. The SMILES string of the molecule is CCC(C)Oc1cccc(/C=C/C(=O)O)c1. The number of carbonyl (C=O) groups is 1. The van der Waals surface area contributed by atoms with E-state index in [2.05, 4.69) is 6.92 Å². The van der Waals surface area contributed by atoms with Gasteiger partial charge in [0.05, 0.1) is 6.10 Å². The molecule has 86 valence electrons. The normalized spacial score (nSPS) is 12.6. The van der Waals surface area contributed by atoms with E-state index in [1.807, 2.05) is 31.2 Å². The number of benzene rings is 1. The molecule has 1 N–H and O–H groups in total. The lowest BCUT2D eigenvalue weighted by molar-refractivity contribution is -0.131. The molecule has 0 fully saturated rings. The highest BCUT2D eigenvalue weighted by molar-refractivity contribution is 5.85. The van der Waals surface area contributed by atoms with Crippen molar-refractivity contribution < 1.29 is 14.6 Å². The summed E-state index contributed by atoms with van der Waals surface area (Å²) >= 11 is 0. The number of hydrogen-bond acceptors (Lipinski definition) is 2. The lowest BCUT2D eigenvalue weighted by atomic mass is 10.2. The van der Waals surface area contributed by atoms with Gasteiger partial charge in [0, 0.05) is 6.08 Å². The molecule has 1 unspecified atom stereocenters. The van der Waals surface area contributed by atoms with Gasteiger partial charge in [0.2, 0.25) is 0 Å². The number of carboxylic acids is 1. The van der Waals surface area contributed by atoms with Gasteiger partial charge in [-0.25, -0.2) is 4.79 Å². The molecule has 0 heterocycles. The van der Waals surface area contributed by atoms with Gasteiger partial charge in [0.15, 0.2) is 0 Å². The molecule has 0 spiro atoms. The van der Waals surface area contributed by atoms with Crippen molar-refractivity contribution in [2.45, 2.75) is 26.4 Å². The van der Waals surface area contributed by atoms with Crippen LogP contribution >= 0.6 is 0 Å². The first kappa shape index (κ1) is 12.3. The molecule has 0 aliphatic heterocycles. The van der Waals surface area contributed by atoms with Crippen LogP contribution in [0.4, 0.5) is 0 Å². The highest BCUT2D eigenvalue weighted by atomic mass is 16.5. The zero-order valence-electron chi connectivity index (χ0n) is 9.51. The third kappa shape index (κ3) is 4.17. The molecule has 0 aromatic heterocycles. The van der Waals surface area contributed by atoms with Gasteiger partial charge < -0.3 is 9.84 Å². The lowest BCUT2D eigenvalue weighted by Gasteiger charge is -2.12. The quantitative estimate of drug-likeness (QED) is 0.776. The maximum absolute atomic E-state index is 10.4. The predicted octanol–water partition coefficient (Wildman–Crippen LogP) is 2.96. The monoisotopic (exact) mass is 220 g/mol. The largest absolute Gasteiger partial charge is 0.491 e. The summed E-state index contributed by atoms with van der Waals surface area (Å²) in [7, 11) is 0. The fourth-order valence-electron chi connectivity index (χ4n) is 1.17. The smallest absolute Gasteiger partial charge is 0.328 e. The Morgan fingerprint density at radius 3 is 2.94 bits per heavy atom. The van der Waals surface area contributed by atoms with Crippen molar-refractivity contribution >= 4 is 12.0 Å². The second kappa shape index (κ2) is 5.95. The van der Waals surface area contributed by atoms with Gasteiger partial charge in [-0.1, -0.05) is 19.1 Å². The van der Waals surface area contributed by atoms with Gasteiger partial charge in [-0.2, -0.15) is 0 Å². The first-order chi connectivity index (χ1) is 7.61. The van der Waals surface area contributed by atoms with Crippen molar-refractivity contribution in [1.82, 2.24) is 0 Å². The minimum atomic E-state index is -0.951. The number of rotatable bonds is 5. The average Bonchev–Trinajstić information content (AvgIpc) is 2.26. The van der Waals surface area contributed by atoms with Crippen molar-refractivity contribution in [3.8, 4) is 5.75 Å². The van der Waals surface area contributed by atoms with Crippen LogP contribution in [0.5, 0.6) is 5.75 Å². The lowest BCUT2D eigenvalue weighted by Crippen LogP contribution is -2.09. The highest BCUT2D eigenvalue weighted by Crippen LogP contribution is 2.16. The minimum Gasteiger partial charge on any atom is -0.491 e. The molecule has 1 rings (SSSR count). The first-order valence-corrected chi connectivity index (χ1v) is 5.29. The first-order valence-electron chi connectivity index (χ1n) is 5.29. The van der Waals surface area contributed by atoms with Crippen LogP contribution in [-0.4, -0.2) is 17.2 Å². The third-order valence-electron chi connectivity index (χ3n) is 2.19. The van der Waals surface area contributed by atoms with Crippen molar-refractivity contribution in [2.75, 3.05) is 0 Å². The molecule has 1 aromatic rings. The number of ether oxygens (including phenoxy) is 1. The Balaban J connectivity index is 2.74. The molecule has 0 radical (unpaired) electrons. The van der Waals surface area contributed by atoms with Crippen LogP contribution in [0.1, 0.15) is 25.8 Å². The van der Waals surface area contributed by atoms with Crippen molar-refractivity contribution in [3.63, 3.8) is 0 Å². The van der Waals surface area contributed by atoms with Crippen LogP contribution in [0.2, 0.25) is 0 Å². The van der Waals surface area contributed by atoms with Gasteiger partial charge in [-0.3, -0.25) is 0 Å². The Morgan fingerprint density at radius 2 is 2.31 bits per heavy atom. The van der Waals surface area contributed by atoms with Crippen molar-refractivity contribution in [2.24, 2.45) is 0 Å². The summed E-state index contributed by atoms with van der Waals surface area (Å²) in [4.78, 5) is 10.4. The van der Waals surface area contributed by atoms with Crippen LogP contribution in [-0.2, 0) is 4.79 Å². The molecule has 1 atom stereocenters. The fourth-order valence-corrected chi connectivity index (χ4v) is 1.17. The molecule has 0 saturated carbocycles. The van der Waals surface area contributed by atoms with Gasteiger partial charge >= 0.3 is 5.97 Å². The standard InChI is InChI=1S/C13H16O3/c1-3-10(2)16-12-6-4-5-11(9-12)7-8-13(14)15/h4-10H,3H2,1-2H3,(H,14,15)/b8-7+. The molecule has 0 aliphatic rings. The Hall–Kier alpha value is -1.77. The number of carboxylic acid groups (broad SMARTS) is 1. The van der Waals surface area contributed by atoms with Gasteiger partial charge in [-0.05, 0) is 37.1 Å². The Morgan fingerprint density at radius 1 is 1.56 bits per heavy atom. The van der Waals surface area contributed by atoms with E-state index in [9.17, 15) is 4.79 Å². The van der Waals surface area contributed by atoms with Gasteiger partial charge in [0.25, 0.3) is 0 Å². The maximum Gasteiger partial charge on any atom is 0.328 e. The summed E-state index contributed by atoms with van der Waals surface area (Å²) < 4.78 is 5.63. The topological polar surface area (TPSA) is 46.5 Å². The average molecular weight is 220 g/mol. The van der Waals surface area contributed by atoms with Crippen molar-refractivity contribution in [1.29, 1.82) is 0 Å². The van der Waals surface area contributed by atoms with E-state index in [0.29, 0.717) is 0 Å². The molecule has 16 heavy (non-hydrogen) atoms. The number of aliphatic carboxylic acids is 1. The van der Waals surface area contributed by atoms with Crippen LogP contribution in [0, 0.1) is 0 Å². The molecular weight excluding hydrogens is 204 g/mol. The summed E-state index contributed by atoms with van der Waals surface area (Å²) in [6.45, 7) is 4.05. The summed E-state index contributed by atoms with van der Waals surface area (Å²) in [5, 5.41) is 8.51. The third-order valence-corrected chi connectivity index (χ3v) is 2.19. The van der Waals surface area contributed by atoms with E-state index in [1.165, 1.54) is 0 Å². The van der Waals surface area contributed by atoms with E-state index < -0.39 is 5.97 Å².